The van der Waals surface area contributed by atoms with Crippen molar-refractivity contribution in [3.63, 3.8) is 0 Å². The fourth-order valence-corrected chi connectivity index (χ4v) is 2.47. The molecule has 1 rings (SSSR count). The summed E-state index contributed by atoms with van der Waals surface area (Å²) in [7, 11) is 0. The molecular weight excluding hydrogens is 248 g/mol. The SMILES string of the molecule is CCC(CC)CNC(=O)c1ccc(NC(C)=O)s1. The van der Waals surface area contributed by atoms with Crippen LogP contribution in [0.4, 0.5) is 5.00 Å². The first-order valence-corrected chi connectivity index (χ1v) is 7.04. The first kappa shape index (κ1) is 14.7. The van der Waals surface area contributed by atoms with E-state index in [1.807, 2.05) is 0 Å². The summed E-state index contributed by atoms with van der Waals surface area (Å²) in [6, 6.07) is 3.48. The summed E-state index contributed by atoms with van der Waals surface area (Å²) in [6.45, 7) is 6.41. The van der Waals surface area contributed by atoms with Crippen LogP contribution in [0.5, 0.6) is 0 Å². The lowest BCUT2D eigenvalue weighted by Crippen LogP contribution is -2.28. The van der Waals surface area contributed by atoms with E-state index in [1.165, 1.54) is 18.3 Å². The fraction of sp³-hybridized carbons (Fsp3) is 0.538. The number of carbonyl (C=O) groups is 2. The average molecular weight is 268 g/mol. The minimum absolute atomic E-state index is 0.0662. The van der Waals surface area contributed by atoms with Crippen LogP contribution >= 0.6 is 11.3 Å². The van der Waals surface area contributed by atoms with Gasteiger partial charge in [0.2, 0.25) is 5.91 Å². The molecule has 1 aromatic heterocycles. The van der Waals surface area contributed by atoms with Crippen molar-refractivity contribution in [1.82, 2.24) is 5.32 Å². The van der Waals surface area contributed by atoms with Crippen LogP contribution in [0.1, 0.15) is 43.3 Å². The van der Waals surface area contributed by atoms with Crippen LogP contribution in [0.2, 0.25) is 0 Å². The summed E-state index contributed by atoms with van der Waals surface area (Å²) in [4.78, 5) is 23.4. The summed E-state index contributed by atoms with van der Waals surface area (Å²) in [5.74, 6) is 0.341. The zero-order valence-corrected chi connectivity index (χ0v) is 11.9. The van der Waals surface area contributed by atoms with Gasteiger partial charge in [-0.15, -0.1) is 11.3 Å². The van der Waals surface area contributed by atoms with Gasteiger partial charge in [0.05, 0.1) is 9.88 Å². The first-order chi connectivity index (χ1) is 8.56. The topological polar surface area (TPSA) is 58.2 Å². The van der Waals surface area contributed by atoms with Crippen molar-refractivity contribution >= 4 is 28.2 Å². The number of nitrogens with one attached hydrogen (secondary N) is 2. The van der Waals surface area contributed by atoms with Crippen LogP contribution in [0.3, 0.4) is 0 Å². The molecule has 2 amide bonds. The van der Waals surface area contributed by atoms with Crippen LogP contribution in [-0.4, -0.2) is 18.4 Å². The zero-order chi connectivity index (χ0) is 13.5. The Balaban J connectivity index is 2.51. The molecule has 0 radical (unpaired) electrons. The molecule has 100 valence electrons. The minimum Gasteiger partial charge on any atom is -0.351 e. The first-order valence-electron chi connectivity index (χ1n) is 6.22. The summed E-state index contributed by atoms with van der Waals surface area (Å²) in [5, 5.41) is 6.30. The van der Waals surface area contributed by atoms with Crippen molar-refractivity contribution in [3.8, 4) is 0 Å². The molecule has 0 saturated carbocycles. The van der Waals surface area contributed by atoms with Crippen LogP contribution < -0.4 is 10.6 Å². The van der Waals surface area contributed by atoms with Gasteiger partial charge in [-0.25, -0.2) is 0 Å². The molecule has 0 bridgehead atoms. The Hall–Kier alpha value is -1.36. The van der Waals surface area contributed by atoms with E-state index in [2.05, 4.69) is 24.5 Å². The highest BCUT2D eigenvalue weighted by molar-refractivity contribution is 7.18. The highest BCUT2D eigenvalue weighted by atomic mass is 32.1. The minimum atomic E-state index is -0.124. The normalized spacial score (nSPS) is 10.4. The van der Waals surface area contributed by atoms with Gasteiger partial charge < -0.3 is 10.6 Å². The number of carbonyl (C=O) groups excluding carboxylic acids is 2. The van der Waals surface area contributed by atoms with Gasteiger partial charge in [0.15, 0.2) is 0 Å². The molecule has 1 aromatic rings. The Morgan fingerprint density at radius 2 is 1.94 bits per heavy atom. The molecule has 0 aliphatic rings. The monoisotopic (exact) mass is 268 g/mol. The van der Waals surface area contributed by atoms with E-state index < -0.39 is 0 Å². The Morgan fingerprint density at radius 3 is 2.50 bits per heavy atom. The number of amides is 2. The number of rotatable bonds is 6. The molecule has 0 saturated heterocycles. The van der Waals surface area contributed by atoms with E-state index in [-0.39, 0.29) is 11.8 Å². The van der Waals surface area contributed by atoms with Gasteiger partial charge in [-0.3, -0.25) is 9.59 Å². The number of thiophene rings is 1. The Labute approximate surface area is 112 Å². The van der Waals surface area contributed by atoms with E-state index in [0.29, 0.717) is 22.3 Å². The highest BCUT2D eigenvalue weighted by Gasteiger charge is 2.11. The Bertz CT molecular complexity index is 411. The maximum absolute atomic E-state index is 11.9. The molecule has 0 atom stereocenters. The van der Waals surface area contributed by atoms with Crippen molar-refractivity contribution in [1.29, 1.82) is 0 Å². The summed E-state index contributed by atoms with van der Waals surface area (Å²) in [5.41, 5.74) is 0. The van der Waals surface area contributed by atoms with Crippen molar-refractivity contribution in [3.05, 3.63) is 17.0 Å². The molecule has 0 aliphatic carbocycles. The van der Waals surface area contributed by atoms with Crippen molar-refractivity contribution in [2.24, 2.45) is 5.92 Å². The second kappa shape index (κ2) is 7.16. The van der Waals surface area contributed by atoms with E-state index in [1.54, 1.807) is 12.1 Å². The van der Waals surface area contributed by atoms with Gasteiger partial charge in [-0.1, -0.05) is 26.7 Å². The lowest BCUT2D eigenvalue weighted by atomic mass is 10.0. The molecular formula is C13H20N2O2S. The Kier molecular flexibility index (Phi) is 5.85. The maximum atomic E-state index is 11.9. The van der Waals surface area contributed by atoms with Gasteiger partial charge in [-0.2, -0.15) is 0 Å². The highest BCUT2D eigenvalue weighted by Crippen LogP contribution is 2.21. The average Bonchev–Trinajstić information content (AvgIpc) is 2.77. The van der Waals surface area contributed by atoms with Gasteiger partial charge >= 0.3 is 0 Å². The molecule has 1 heterocycles. The molecule has 0 aliphatic heterocycles. The van der Waals surface area contributed by atoms with Gasteiger partial charge in [0, 0.05) is 13.5 Å². The molecule has 2 N–H and O–H groups in total. The smallest absolute Gasteiger partial charge is 0.261 e. The van der Waals surface area contributed by atoms with Crippen molar-refractivity contribution < 1.29 is 9.59 Å². The van der Waals surface area contributed by atoms with Gasteiger partial charge in [0.25, 0.3) is 5.91 Å². The van der Waals surface area contributed by atoms with Crippen LogP contribution in [-0.2, 0) is 4.79 Å². The third kappa shape index (κ3) is 4.49. The predicted octanol–water partition coefficient (Wildman–Crippen LogP) is 2.87. The predicted molar refractivity (Wildman–Crippen MR) is 75.0 cm³/mol. The number of hydrogen-bond acceptors (Lipinski definition) is 3. The number of anilines is 1. The maximum Gasteiger partial charge on any atom is 0.261 e. The lowest BCUT2D eigenvalue weighted by molar-refractivity contribution is -0.114. The number of hydrogen-bond donors (Lipinski definition) is 2. The van der Waals surface area contributed by atoms with Gasteiger partial charge in [-0.05, 0) is 18.1 Å². The zero-order valence-electron chi connectivity index (χ0n) is 11.1. The fourth-order valence-electron chi connectivity index (χ4n) is 1.60. The molecule has 18 heavy (non-hydrogen) atoms. The quantitative estimate of drug-likeness (QED) is 0.833. The molecule has 4 nitrogen and oxygen atoms in total. The molecule has 0 unspecified atom stereocenters. The van der Waals surface area contributed by atoms with Crippen LogP contribution in [0.25, 0.3) is 0 Å². The Morgan fingerprint density at radius 1 is 1.28 bits per heavy atom. The van der Waals surface area contributed by atoms with E-state index in [0.717, 1.165) is 12.8 Å². The largest absolute Gasteiger partial charge is 0.351 e. The van der Waals surface area contributed by atoms with Crippen LogP contribution in [0, 0.1) is 5.92 Å². The molecule has 0 spiro atoms. The standard InChI is InChI=1S/C13H20N2O2S/c1-4-10(5-2)8-14-13(17)11-6-7-12(18-11)15-9(3)16/h6-7,10H,4-5,8H2,1-3H3,(H,14,17)(H,15,16). The summed E-state index contributed by atoms with van der Waals surface area (Å²) >= 11 is 1.29. The van der Waals surface area contributed by atoms with E-state index in [9.17, 15) is 9.59 Å². The second-order valence-electron chi connectivity index (χ2n) is 4.24. The molecule has 0 fully saturated rings. The van der Waals surface area contributed by atoms with Crippen molar-refractivity contribution in [2.75, 3.05) is 11.9 Å². The second-order valence-corrected chi connectivity index (χ2v) is 5.32. The summed E-state index contributed by atoms with van der Waals surface area (Å²) < 4.78 is 0. The summed E-state index contributed by atoms with van der Waals surface area (Å²) in [6.07, 6.45) is 2.14. The lowest BCUT2D eigenvalue weighted by Gasteiger charge is -2.12. The van der Waals surface area contributed by atoms with Crippen molar-refractivity contribution in [2.45, 2.75) is 33.6 Å². The molecule has 0 aromatic carbocycles. The van der Waals surface area contributed by atoms with Crippen LogP contribution in [0.15, 0.2) is 12.1 Å². The third-order valence-corrected chi connectivity index (χ3v) is 3.83. The third-order valence-electron chi connectivity index (χ3n) is 2.84. The van der Waals surface area contributed by atoms with Gasteiger partial charge in [0.1, 0.15) is 0 Å². The molecule has 5 heteroatoms. The van der Waals surface area contributed by atoms with E-state index in [4.69, 9.17) is 0 Å². The van der Waals surface area contributed by atoms with E-state index >= 15 is 0 Å².